The SMILES string of the molecule is O=C(CN1CCN(c2ccccc2)C1=O)Nc1ccc(F)cc1F. The monoisotopic (exact) mass is 331 g/mol. The number of urea groups is 1. The molecule has 0 aromatic heterocycles. The van der Waals surface area contributed by atoms with E-state index in [2.05, 4.69) is 5.32 Å². The summed E-state index contributed by atoms with van der Waals surface area (Å²) in [7, 11) is 0. The molecule has 1 saturated heterocycles. The number of amides is 3. The molecule has 24 heavy (non-hydrogen) atoms. The first-order chi connectivity index (χ1) is 11.5. The first kappa shape index (κ1) is 15.9. The van der Waals surface area contributed by atoms with E-state index in [0.717, 1.165) is 17.8 Å². The number of halogens is 2. The molecule has 0 spiro atoms. The van der Waals surface area contributed by atoms with Crippen LogP contribution in [0.1, 0.15) is 0 Å². The van der Waals surface area contributed by atoms with Crippen molar-refractivity contribution in [3.8, 4) is 0 Å². The summed E-state index contributed by atoms with van der Waals surface area (Å²) in [5.74, 6) is -2.12. The van der Waals surface area contributed by atoms with Crippen LogP contribution in [0, 0.1) is 11.6 Å². The molecule has 3 rings (SSSR count). The van der Waals surface area contributed by atoms with Crippen molar-refractivity contribution < 1.29 is 18.4 Å². The second kappa shape index (κ2) is 6.66. The molecular formula is C17H15F2N3O2. The lowest BCUT2D eigenvalue weighted by molar-refractivity contribution is -0.116. The average Bonchev–Trinajstić information content (AvgIpc) is 2.92. The lowest BCUT2D eigenvalue weighted by Crippen LogP contribution is -2.37. The highest BCUT2D eigenvalue weighted by Crippen LogP contribution is 2.20. The summed E-state index contributed by atoms with van der Waals surface area (Å²) in [4.78, 5) is 27.3. The molecule has 7 heteroatoms. The van der Waals surface area contributed by atoms with E-state index in [-0.39, 0.29) is 18.3 Å². The number of benzene rings is 2. The molecule has 124 valence electrons. The predicted octanol–water partition coefficient (Wildman–Crippen LogP) is 2.85. The maximum atomic E-state index is 13.5. The van der Waals surface area contributed by atoms with Crippen LogP contribution in [-0.2, 0) is 4.79 Å². The highest BCUT2D eigenvalue weighted by molar-refractivity contribution is 5.99. The van der Waals surface area contributed by atoms with Crippen LogP contribution in [0.2, 0.25) is 0 Å². The molecule has 1 N–H and O–H groups in total. The zero-order valence-electron chi connectivity index (χ0n) is 12.7. The van der Waals surface area contributed by atoms with Crippen molar-refractivity contribution >= 4 is 23.3 Å². The second-order valence-electron chi connectivity index (χ2n) is 5.36. The molecule has 5 nitrogen and oxygen atoms in total. The van der Waals surface area contributed by atoms with Crippen molar-refractivity contribution in [3.05, 3.63) is 60.2 Å². The minimum Gasteiger partial charge on any atom is -0.322 e. The number of hydrogen-bond acceptors (Lipinski definition) is 2. The van der Waals surface area contributed by atoms with Gasteiger partial charge in [-0.3, -0.25) is 9.69 Å². The van der Waals surface area contributed by atoms with Crippen molar-refractivity contribution in [2.24, 2.45) is 0 Å². The summed E-state index contributed by atoms with van der Waals surface area (Å²) >= 11 is 0. The van der Waals surface area contributed by atoms with E-state index in [1.807, 2.05) is 30.3 Å². The summed E-state index contributed by atoms with van der Waals surface area (Å²) in [5.41, 5.74) is 0.642. The standard InChI is InChI=1S/C17H15F2N3O2/c18-12-6-7-15(14(19)10-12)20-16(23)11-21-8-9-22(17(21)24)13-4-2-1-3-5-13/h1-7,10H,8-9,11H2,(H,20,23). The molecule has 2 aromatic rings. The van der Waals surface area contributed by atoms with Gasteiger partial charge in [0.25, 0.3) is 0 Å². The molecular weight excluding hydrogens is 316 g/mol. The number of anilines is 2. The van der Waals surface area contributed by atoms with Gasteiger partial charge in [0.05, 0.1) is 5.69 Å². The number of nitrogens with one attached hydrogen (secondary N) is 1. The van der Waals surface area contributed by atoms with E-state index in [4.69, 9.17) is 0 Å². The highest BCUT2D eigenvalue weighted by atomic mass is 19.1. The number of rotatable bonds is 4. The normalized spacial score (nSPS) is 14.2. The zero-order chi connectivity index (χ0) is 17.1. The molecule has 0 bridgehead atoms. The summed E-state index contributed by atoms with van der Waals surface area (Å²) in [6.45, 7) is 0.674. The van der Waals surface area contributed by atoms with Crippen molar-refractivity contribution in [2.45, 2.75) is 0 Å². The molecule has 0 saturated carbocycles. The maximum absolute atomic E-state index is 13.5. The minimum absolute atomic E-state index is 0.118. The maximum Gasteiger partial charge on any atom is 0.325 e. The highest BCUT2D eigenvalue weighted by Gasteiger charge is 2.30. The molecule has 0 radical (unpaired) electrons. The Labute approximate surface area is 137 Å². The minimum atomic E-state index is -0.859. The van der Waals surface area contributed by atoms with Gasteiger partial charge >= 0.3 is 6.03 Å². The van der Waals surface area contributed by atoms with Gasteiger partial charge in [-0.15, -0.1) is 0 Å². The van der Waals surface area contributed by atoms with Crippen LogP contribution >= 0.6 is 0 Å². The summed E-state index contributed by atoms with van der Waals surface area (Å²) in [5, 5.41) is 2.35. The molecule has 1 aliphatic rings. The quantitative estimate of drug-likeness (QED) is 0.937. The van der Waals surface area contributed by atoms with Gasteiger partial charge < -0.3 is 10.2 Å². The molecule has 0 unspecified atom stereocenters. The van der Waals surface area contributed by atoms with E-state index in [0.29, 0.717) is 19.2 Å². The largest absolute Gasteiger partial charge is 0.325 e. The molecule has 3 amide bonds. The molecule has 1 aliphatic heterocycles. The molecule has 2 aromatic carbocycles. The van der Waals surface area contributed by atoms with Gasteiger partial charge in [-0.2, -0.15) is 0 Å². The van der Waals surface area contributed by atoms with Crippen LogP contribution in [0.3, 0.4) is 0 Å². The van der Waals surface area contributed by atoms with Gasteiger partial charge in [-0.1, -0.05) is 18.2 Å². The second-order valence-corrected chi connectivity index (χ2v) is 5.36. The van der Waals surface area contributed by atoms with Gasteiger partial charge in [0.15, 0.2) is 0 Å². The fourth-order valence-electron chi connectivity index (χ4n) is 2.53. The summed E-state index contributed by atoms with van der Waals surface area (Å²) < 4.78 is 26.4. The van der Waals surface area contributed by atoms with Crippen LogP contribution in [0.5, 0.6) is 0 Å². The number of para-hydroxylation sites is 1. The van der Waals surface area contributed by atoms with Crippen LogP contribution in [0.4, 0.5) is 25.0 Å². The Morgan fingerprint density at radius 1 is 1.08 bits per heavy atom. The summed E-state index contributed by atoms with van der Waals surface area (Å²) in [6, 6.07) is 11.7. The number of carbonyl (C=O) groups excluding carboxylic acids is 2. The molecule has 1 heterocycles. The molecule has 1 fully saturated rings. The van der Waals surface area contributed by atoms with Crippen molar-refractivity contribution in [2.75, 3.05) is 29.9 Å². The third-order valence-corrected chi connectivity index (χ3v) is 3.70. The van der Waals surface area contributed by atoms with Crippen LogP contribution in [0.15, 0.2) is 48.5 Å². The fourth-order valence-corrected chi connectivity index (χ4v) is 2.53. The number of hydrogen-bond donors (Lipinski definition) is 1. The third-order valence-electron chi connectivity index (χ3n) is 3.70. The lowest BCUT2D eigenvalue weighted by Gasteiger charge is -2.18. The van der Waals surface area contributed by atoms with Gasteiger partial charge in [0.2, 0.25) is 5.91 Å². The van der Waals surface area contributed by atoms with Gasteiger partial charge in [0, 0.05) is 24.8 Å². The zero-order valence-corrected chi connectivity index (χ0v) is 12.7. The first-order valence-corrected chi connectivity index (χ1v) is 7.41. The fraction of sp³-hybridized carbons (Fsp3) is 0.176. The average molecular weight is 331 g/mol. The Bertz CT molecular complexity index is 768. The Balaban J connectivity index is 1.62. The Kier molecular flexibility index (Phi) is 4.41. The predicted molar refractivity (Wildman–Crippen MR) is 85.7 cm³/mol. The van der Waals surface area contributed by atoms with E-state index < -0.39 is 17.5 Å². The molecule has 0 atom stereocenters. The smallest absolute Gasteiger partial charge is 0.322 e. The van der Waals surface area contributed by atoms with Gasteiger partial charge in [-0.05, 0) is 24.3 Å². The Morgan fingerprint density at radius 2 is 1.83 bits per heavy atom. The van der Waals surface area contributed by atoms with E-state index in [9.17, 15) is 18.4 Å². The van der Waals surface area contributed by atoms with E-state index in [1.165, 1.54) is 4.90 Å². The topological polar surface area (TPSA) is 52.7 Å². The van der Waals surface area contributed by atoms with Crippen molar-refractivity contribution in [1.82, 2.24) is 4.90 Å². The number of nitrogens with zero attached hydrogens (tertiary/aromatic N) is 2. The Hall–Kier alpha value is -2.96. The van der Waals surface area contributed by atoms with Gasteiger partial charge in [0.1, 0.15) is 18.2 Å². The Morgan fingerprint density at radius 3 is 2.54 bits per heavy atom. The van der Waals surface area contributed by atoms with Crippen LogP contribution < -0.4 is 10.2 Å². The first-order valence-electron chi connectivity index (χ1n) is 7.41. The number of carbonyl (C=O) groups is 2. The van der Waals surface area contributed by atoms with Gasteiger partial charge in [-0.25, -0.2) is 13.6 Å². The van der Waals surface area contributed by atoms with Crippen molar-refractivity contribution in [3.63, 3.8) is 0 Å². The molecule has 0 aliphatic carbocycles. The van der Waals surface area contributed by atoms with Crippen molar-refractivity contribution in [1.29, 1.82) is 0 Å². The van der Waals surface area contributed by atoms with Crippen LogP contribution in [-0.4, -0.2) is 36.5 Å². The third kappa shape index (κ3) is 3.34. The lowest BCUT2D eigenvalue weighted by atomic mass is 10.3. The van der Waals surface area contributed by atoms with Crippen LogP contribution in [0.25, 0.3) is 0 Å². The van der Waals surface area contributed by atoms with E-state index in [1.54, 1.807) is 4.90 Å². The van der Waals surface area contributed by atoms with E-state index >= 15 is 0 Å². The summed E-state index contributed by atoms with van der Waals surface area (Å²) in [6.07, 6.45) is 0.